The first kappa shape index (κ1) is 17.9. The summed E-state index contributed by atoms with van der Waals surface area (Å²) in [5.41, 5.74) is -0.337. The van der Waals surface area contributed by atoms with E-state index < -0.39 is 30.0 Å². The summed E-state index contributed by atoms with van der Waals surface area (Å²) in [6.07, 6.45) is -2.94. The summed E-state index contributed by atoms with van der Waals surface area (Å²) in [5.74, 6) is -1.85. The molecule has 0 saturated carbocycles. The van der Waals surface area contributed by atoms with E-state index in [1.165, 1.54) is 31.3 Å². The highest BCUT2D eigenvalue weighted by Gasteiger charge is 2.28. The normalized spacial score (nSPS) is 12.2. The number of hydrogen-bond donors (Lipinski definition) is 2. The predicted octanol–water partition coefficient (Wildman–Crippen LogP) is 3.20. The number of carbonyl (C=O) groups excluding carboxylic acids is 1. The Labute approximate surface area is 141 Å². The molecule has 128 valence electrons. The highest BCUT2D eigenvalue weighted by atomic mass is 35.5. The molecule has 2 aromatic rings. The number of aromatic nitrogens is 2. The fourth-order valence-corrected chi connectivity index (χ4v) is 2.37. The van der Waals surface area contributed by atoms with Crippen LogP contribution >= 0.6 is 11.6 Å². The largest absolute Gasteiger partial charge is 0.478 e. The van der Waals surface area contributed by atoms with Crippen molar-refractivity contribution in [1.82, 2.24) is 15.1 Å². The number of carbonyl (C=O) groups is 2. The molecule has 1 aromatic heterocycles. The molecule has 6 nitrogen and oxygen atoms in total. The molecule has 24 heavy (non-hydrogen) atoms. The molecule has 0 bridgehead atoms. The fourth-order valence-electron chi connectivity index (χ4n) is 2.15. The van der Waals surface area contributed by atoms with Crippen molar-refractivity contribution in [2.24, 2.45) is 7.05 Å². The second-order valence-electron chi connectivity index (χ2n) is 5.10. The predicted molar refractivity (Wildman–Crippen MR) is 82.5 cm³/mol. The molecule has 0 aliphatic rings. The zero-order valence-electron chi connectivity index (χ0n) is 12.8. The minimum absolute atomic E-state index is 0.104. The molecule has 0 aliphatic carbocycles. The molecule has 0 radical (unpaired) electrons. The van der Waals surface area contributed by atoms with Gasteiger partial charge in [-0.1, -0.05) is 23.7 Å². The lowest BCUT2D eigenvalue weighted by molar-refractivity contribution is 0.0696. The van der Waals surface area contributed by atoms with Crippen molar-refractivity contribution in [3.63, 3.8) is 0 Å². The van der Waals surface area contributed by atoms with Gasteiger partial charge in [-0.05, 0) is 24.6 Å². The van der Waals surface area contributed by atoms with Crippen LogP contribution in [0, 0.1) is 0 Å². The summed E-state index contributed by atoms with van der Waals surface area (Å²) in [6.45, 7) is 1.64. The van der Waals surface area contributed by atoms with E-state index in [1.807, 2.05) is 0 Å². The summed E-state index contributed by atoms with van der Waals surface area (Å²) in [4.78, 5) is 23.1. The second-order valence-corrected chi connectivity index (χ2v) is 5.46. The Morgan fingerprint density at radius 1 is 1.29 bits per heavy atom. The first-order chi connectivity index (χ1) is 11.2. The van der Waals surface area contributed by atoms with E-state index in [1.54, 1.807) is 6.92 Å². The number of halogens is 3. The highest BCUT2D eigenvalue weighted by Crippen LogP contribution is 2.28. The highest BCUT2D eigenvalue weighted by molar-refractivity contribution is 6.33. The summed E-state index contributed by atoms with van der Waals surface area (Å²) < 4.78 is 27.0. The number of aromatic carboxylic acids is 1. The molecule has 0 saturated heterocycles. The number of carboxylic acid groups (broad SMARTS) is 1. The third kappa shape index (κ3) is 3.53. The maximum absolute atomic E-state index is 13.0. The van der Waals surface area contributed by atoms with Crippen molar-refractivity contribution in [1.29, 1.82) is 0 Å². The minimum Gasteiger partial charge on any atom is -0.478 e. The number of nitrogens with zero attached hydrogens (tertiary/aromatic N) is 2. The molecule has 2 N–H and O–H groups in total. The van der Waals surface area contributed by atoms with Crippen LogP contribution in [0.4, 0.5) is 8.78 Å². The maximum Gasteiger partial charge on any atom is 0.335 e. The smallest absolute Gasteiger partial charge is 0.335 e. The van der Waals surface area contributed by atoms with Crippen LogP contribution in [-0.2, 0) is 7.05 Å². The number of rotatable bonds is 5. The Morgan fingerprint density at radius 2 is 1.88 bits per heavy atom. The molecule has 1 heterocycles. The lowest BCUT2D eigenvalue weighted by Crippen LogP contribution is -2.27. The van der Waals surface area contributed by atoms with Gasteiger partial charge in [0.05, 0.1) is 11.6 Å². The molecule has 0 aliphatic heterocycles. The standard InChI is InChI=1S/C15H14ClF2N3O3/c1-7(8-3-5-9(6-4-8)15(23)24)19-14(22)10-11(13(17)18)20-21(2)12(10)16/h3-7,13H,1-2H3,(H,19,22)(H,23,24). The van der Waals surface area contributed by atoms with E-state index in [0.717, 1.165) is 4.68 Å². The minimum atomic E-state index is -2.94. The Balaban J connectivity index is 2.22. The van der Waals surface area contributed by atoms with E-state index >= 15 is 0 Å². The van der Waals surface area contributed by atoms with Gasteiger partial charge in [-0.3, -0.25) is 9.48 Å². The summed E-state index contributed by atoms with van der Waals surface area (Å²) >= 11 is 5.88. The lowest BCUT2D eigenvalue weighted by atomic mass is 10.1. The van der Waals surface area contributed by atoms with Crippen LogP contribution in [0.3, 0.4) is 0 Å². The Kier molecular flexibility index (Phi) is 5.18. The number of hydrogen-bond acceptors (Lipinski definition) is 3. The van der Waals surface area contributed by atoms with Crippen molar-refractivity contribution < 1.29 is 23.5 Å². The van der Waals surface area contributed by atoms with Gasteiger partial charge in [-0.15, -0.1) is 0 Å². The Bertz CT molecular complexity index is 775. The van der Waals surface area contributed by atoms with Crippen molar-refractivity contribution in [2.45, 2.75) is 19.4 Å². The number of benzene rings is 1. The van der Waals surface area contributed by atoms with Gasteiger partial charge in [0, 0.05) is 7.05 Å². The molecular weight excluding hydrogens is 344 g/mol. The summed E-state index contributed by atoms with van der Waals surface area (Å²) in [6, 6.07) is 5.31. The molecule has 0 fully saturated rings. The first-order valence-corrected chi connectivity index (χ1v) is 7.24. The third-order valence-electron chi connectivity index (χ3n) is 3.44. The van der Waals surface area contributed by atoms with Crippen LogP contribution in [0.5, 0.6) is 0 Å². The van der Waals surface area contributed by atoms with E-state index in [9.17, 15) is 18.4 Å². The second kappa shape index (κ2) is 6.96. The average Bonchev–Trinajstić information content (AvgIpc) is 2.83. The van der Waals surface area contributed by atoms with E-state index in [0.29, 0.717) is 5.56 Å². The van der Waals surface area contributed by atoms with Crippen molar-refractivity contribution in [3.05, 3.63) is 51.8 Å². The molecule has 1 amide bonds. The maximum atomic E-state index is 13.0. The van der Waals surface area contributed by atoms with Crippen molar-refractivity contribution in [3.8, 4) is 0 Å². The van der Waals surface area contributed by atoms with Crippen molar-refractivity contribution in [2.75, 3.05) is 0 Å². The van der Waals surface area contributed by atoms with E-state index in [2.05, 4.69) is 10.4 Å². The van der Waals surface area contributed by atoms with Gasteiger partial charge in [-0.25, -0.2) is 13.6 Å². The number of aryl methyl sites for hydroxylation is 1. The van der Waals surface area contributed by atoms with Crippen molar-refractivity contribution >= 4 is 23.5 Å². The van der Waals surface area contributed by atoms with Gasteiger partial charge in [0.15, 0.2) is 0 Å². The molecule has 9 heteroatoms. The van der Waals surface area contributed by atoms with Crippen LogP contribution in [0.25, 0.3) is 0 Å². The van der Waals surface area contributed by atoms with Gasteiger partial charge < -0.3 is 10.4 Å². The van der Waals surface area contributed by atoms with Gasteiger partial charge in [0.2, 0.25) is 0 Å². The lowest BCUT2D eigenvalue weighted by Gasteiger charge is -2.14. The van der Waals surface area contributed by atoms with Crippen LogP contribution in [0.1, 0.15) is 51.4 Å². The number of alkyl halides is 2. The van der Waals surface area contributed by atoms with Crippen LogP contribution < -0.4 is 5.32 Å². The molecule has 2 rings (SSSR count). The first-order valence-electron chi connectivity index (χ1n) is 6.87. The van der Waals surface area contributed by atoms with Gasteiger partial charge >= 0.3 is 5.97 Å². The molecule has 1 aromatic carbocycles. The fraction of sp³-hybridized carbons (Fsp3) is 0.267. The molecular formula is C15H14ClF2N3O3. The summed E-state index contributed by atoms with van der Waals surface area (Å²) in [5, 5.41) is 14.8. The number of carboxylic acids is 1. The molecule has 1 atom stereocenters. The number of nitrogens with one attached hydrogen (secondary N) is 1. The quantitative estimate of drug-likeness (QED) is 0.860. The summed E-state index contributed by atoms with van der Waals surface area (Å²) in [7, 11) is 1.36. The Hall–Kier alpha value is -2.48. The van der Waals surface area contributed by atoms with Gasteiger partial charge in [0.1, 0.15) is 16.4 Å². The van der Waals surface area contributed by atoms with E-state index in [4.69, 9.17) is 16.7 Å². The van der Waals surface area contributed by atoms with Crippen LogP contribution in [0.2, 0.25) is 5.15 Å². The monoisotopic (exact) mass is 357 g/mol. The third-order valence-corrected chi connectivity index (χ3v) is 3.88. The van der Waals surface area contributed by atoms with Gasteiger partial charge in [0.25, 0.3) is 12.3 Å². The van der Waals surface area contributed by atoms with E-state index in [-0.39, 0.29) is 16.3 Å². The topological polar surface area (TPSA) is 84.2 Å². The molecule has 0 spiro atoms. The zero-order valence-corrected chi connectivity index (χ0v) is 13.5. The average molecular weight is 358 g/mol. The number of amides is 1. The molecule has 1 unspecified atom stereocenters. The Morgan fingerprint density at radius 3 is 2.38 bits per heavy atom. The zero-order chi connectivity index (χ0) is 18.0. The van der Waals surface area contributed by atoms with Gasteiger partial charge in [-0.2, -0.15) is 5.10 Å². The SMILES string of the molecule is CC(NC(=O)c1c(C(F)F)nn(C)c1Cl)c1ccc(C(=O)O)cc1. The van der Waals surface area contributed by atoms with Crippen LogP contribution in [-0.4, -0.2) is 26.8 Å². The van der Waals surface area contributed by atoms with Crippen LogP contribution in [0.15, 0.2) is 24.3 Å².